The number of rotatable bonds is 5. The lowest BCUT2D eigenvalue weighted by Gasteiger charge is -2.27. The average Bonchev–Trinajstić information content (AvgIpc) is 2.35. The zero-order valence-corrected chi connectivity index (χ0v) is 13.5. The predicted octanol–water partition coefficient (Wildman–Crippen LogP) is 4.27. The van der Waals surface area contributed by atoms with E-state index in [1.807, 2.05) is 0 Å². The molecule has 1 heterocycles. The highest BCUT2D eigenvalue weighted by Crippen LogP contribution is 2.32. The second-order valence-corrected chi connectivity index (χ2v) is 5.71. The first-order valence-corrected chi connectivity index (χ1v) is 7.57. The van der Waals surface area contributed by atoms with Gasteiger partial charge in [-0.1, -0.05) is 31.9 Å². The minimum Gasteiger partial charge on any atom is -0.316 e. The summed E-state index contributed by atoms with van der Waals surface area (Å²) in [4.78, 5) is 18.0. The number of carbonyl (C=O) groups is 1. The molecule has 3 nitrogen and oxygen atoms in total. The van der Waals surface area contributed by atoms with Crippen molar-refractivity contribution in [3.63, 3.8) is 0 Å². The van der Waals surface area contributed by atoms with E-state index < -0.39 is 0 Å². The van der Waals surface area contributed by atoms with E-state index in [0.29, 0.717) is 17.5 Å². The Balaban J connectivity index is 2.81. The van der Waals surface area contributed by atoms with Crippen molar-refractivity contribution in [3.05, 3.63) is 10.9 Å². The summed E-state index contributed by atoms with van der Waals surface area (Å²) in [5, 5.41) is 0.430. The molecule has 1 unspecified atom stereocenters. The van der Waals surface area contributed by atoms with Gasteiger partial charge in [-0.05, 0) is 35.2 Å². The van der Waals surface area contributed by atoms with Gasteiger partial charge in [0.15, 0.2) is 0 Å². The van der Waals surface area contributed by atoms with Crippen molar-refractivity contribution in [1.29, 1.82) is 0 Å². The number of nitrogens with zero attached hydrogens (tertiary/aromatic N) is 2. The highest BCUT2D eigenvalue weighted by molar-refractivity contribution is 9.18. The zero-order valence-electron chi connectivity index (χ0n) is 11.2. The van der Waals surface area contributed by atoms with Gasteiger partial charge in [0.2, 0.25) is 5.91 Å². The minimum atomic E-state index is 0.119. The first-order chi connectivity index (χ1) is 8.51. The van der Waals surface area contributed by atoms with Crippen molar-refractivity contribution in [2.75, 3.05) is 7.05 Å². The topological polar surface area (TPSA) is 32.7 Å². The maximum Gasteiger partial charge on any atom is 0.226 e. The number of hydrogen-bond donors (Lipinski definition) is 0. The van der Waals surface area contributed by atoms with Crippen LogP contribution >= 0.6 is 27.5 Å². The quantitative estimate of drug-likeness (QED) is 0.691. The number of unbranched alkanes of at least 4 members (excludes halogenated alkanes) is 1. The molecule has 0 radical (unpaired) electrons. The molecule has 0 aromatic carbocycles. The lowest BCUT2D eigenvalue weighted by molar-refractivity contribution is -0.128. The number of amides is 1. The van der Waals surface area contributed by atoms with Crippen LogP contribution in [0.5, 0.6) is 0 Å². The van der Waals surface area contributed by atoms with E-state index in [1.165, 1.54) is 0 Å². The molecule has 1 aliphatic rings. The Morgan fingerprint density at radius 3 is 2.78 bits per heavy atom. The van der Waals surface area contributed by atoms with Crippen molar-refractivity contribution in [3.8, 4) is 0 Å². The fourth-order valence-corrected chi connectivity index (χ4v) is 2.95. The minimum absolute atomic E-state index is 0.119. The molecule has 0 aliphatic carbocycles. The molecule has 18 heavy (non-hydrogen) atoms. The molecule has 0 N–H and O–H groups in total. The van der Waals surface area contributed by atoms with Crippen molar-refractivity contribution in [1.82, 2.24) is 4.90 Å². The third-order valence-electron chi connectivity index (χ3n) is 3.24. The molecule has 0 saturated heterocycles. The molecule has 1 atom stereocenters. The molecule has 1 rings (SSSR count). The Morgan fingerprint density at radius 1 is 1.56 bits per heavy atom. The molecule has 0 aromatic heterocycles. The molecular formula is C13H20BrClN2O. The van der Waals surface area contributed by atoms with Crippen LogP contribution in [0.4, 0.5) is 0 Å². The molecular weight excluding hydrogens is 316 g/mol. The van der Waals surface area contributed by atoms with Gasteiger partial charge >= 0.3 is 0 Å². The van der Waals surface area contributed by atoms with E-state index in [0.717, 1.165) is 36.0 Å². The number of halogens is 2. The summed E-state index contributed by atoms with van der Waals surface area (Å²) in [6, 6.07) is 0. The lowest BCUT2D eigenvalue weighted by atomic mass is 9.99. The van der Waals surface area contributed by atoms with Crippen molar-refractivity contribution in [2.45, 2.75) is 46.0 Å². The fraction of sp³-hybridized carbons (Fsp3) is 0.692. The van der Waals surface area contributed by atoms with Gasteiger partial charge in [0, 0.05) is 19.4 Å². The molecule has 0 fully saturated rings. The maximum atomic E-state index is 12.0. The Labute approximate surface area is 122 Å². The summed E-state index contributed by atoms with van der Waals surface area (Å²) >= 11 is 9.58. The third-order valence-corrected chi connectivity index (χ3v) is 4.36. The van der Waals surface area contributed by atoms with Crippen LogP contribution in [0.25, 0.3) is 0 Å². The monoisotopic (exact) mass is 334 g/mol. The fourth-order valence-electron chi connectivity index (χ4n) is 1.89. The Kier molecular flexibility index (Phi) is 6.36. The van der Waals surface area contributed by atoms with Gasteiger partial charge < -0.3 is 4.90 Å². The van der Waals surface area contributed by atoms with Crippen molar-refractivity contribution >= 4 is 38.1 Å². The standard InChI is InChI=1S/C13H20BrClN2O/c1-4-6-7-11(18)17(3)10-8-9(5-2)12(14)16-13(10)15/h9H,4-8H2,1-3H3. The average molecular weight is 336 g/mol. The molecule has 0 aromatic rings. The summed E-state index contributed by atoms with van der Waals surface area (Å²) in [6.07, 6.45) is 4.26. The van der Waals surface area contributed by atoms with Gasteiger partial charge in [-0.25, -0.2) is 4.99 Å². The van der Waals surface area contributed by atoms with Gasteiger partial charge in [0.05, 0.1) is 10.3 Å². The smallest absolute Gasteiger partial charge is 0.226 e. The van der Waals surface area contributed by atoms with Crippen molar-refractivity contribution < 1.29 is 4.79 Å². The number of hydrogen-bond acceptors (Lipinski definition) is 2. The molecule has 0 bridgehead atoms. The highest BCUT2D eigenvalue weighted by Gasteiger charge is 2.26. The van der Waals surface area contributed by atoms with Crippen LogP contribution in [0.15, 0.2) is 15.8 Å². The second-order valence-electron chi connectivity index (χ2n) is 4.54. The molecule has 1 amide bonds. The summed E-state index contributed by atoms with van der Waals surface area (Å²) in [6.45, 7) is 4.19. The summed E-state index contributed by atoms with van der Waals surface area (Å²) in [7, 11) is 1.79. The molecule has 102 valence electrons. The normalized spacial score (nSPS) is 19.8. The predicted molar refractivity (Wildman–Crippen MR) is 79.9 cm³/mol. The van der Waals surface area contributed by atoms with E-state index in [4.69, 9.17) is 11.6 Å². The van der Waals surface area contributed by atoms with Gasteiger partial charge in [0.25, 0.3) is 0 Å². The zero-order chi connectivity index (χ0) is 13.7. The second kappa shape index (κ2) is 7.29. The first-order valence-electron chi connectivity index (χ1n) is 6.40. The number of carbonyl (C=O) groups excluding carboxylic acids is 1. The summed E-state index contributed by atoms with van der Waals surface area (Å²) in [5.74, 6) is 0.442. The van der Waals surface area contributed by atoms with Crippen LogP contribution in [0.2, 0.25) is 0 Å². The van der Waals surface area contributed by atoms with E-state index in [9.17, 15) is 4.79 Å². The Bertz CT molecular complexity index is 379. The number of aliphatic imine (C=N–C) groups is 1. The highest BCUT2D eigenvalue weighted by atomic mass is 79.9. The largest absolute Gasteiger partial charge is 0.316 e. The van der Waals surface area contributed by atoms with Gasteiger partial charge in [-0.3, -0.25) is 4.79 Å². The van der Waals surface area contributed by atoms with Crippen LogP contribution in [-0.2, 0) is 4.79 Å². The Hall–Kier alpha value is -0.350. The van der Waals surface area contributed by atoms with Gasteiger partial charge in [0.1, 0.15) is 5.16 Å². The van der Waals surface area contributed by atoms with Crippen LogP contribution in [-0.4, -0.2) is 22.5 Å². The molecule has 5 heteroatoms. The van der Waals surface area contributed by atoms with E-state index in [1.54, 1.807) is 11.9 Å². The number of allylic oxidation sites excluding steroid dienone is 1. The van der Waals surface area contributed by atoms with Gasteiger partial charge in [-0.15, -0.1) is 0 Å². The van der Waals surface area contributed by atoms with Crippen LogP contribution in [0, 0.1) is 5.92 Å². The molecule has 1 aliphatic heterocycles. The van der Waals surface area contributed by atoms with Crippen LogP contribution < -0.4 is 0 Å². The summed E-state index contributed by atoms with van der Waals surface area (Å²) in [5.41, 5.74) is 0.841. The Morgan fingerprint density at radius 2 is 2.22 bits per heavy atom. The lowest BCUT2D eigenvalue weighted by Crippen LogP contribution is -2.30. The van der Waals surface area contributed by atoms with Gasteiger partial charge in [-0.2, -0.15) is 0 Å². The van der Waals surface area contributed by atoms with Crippen molar-refractivity contribution in [2.24, 2.45) is 10.9 Å². The van der Waals surface area contributed by atoms with Crippen LogP contribution in [0.1, 0.15) is 46.0 Å². The molecule has 0 saturated carbocycles. The first kappa shape index (κ1) is 15.7. The SMILES string of the molecule is CCCCC(=O)N(C)C1=C(Cl)N=C(Br)C(CC)C1. The third kappa shape index (κ3) is 3.82. The van der Waals surface area contributed by atoms with E-state index >= 15 is 0 Å². The summed E-state index contributed by atoms with van der Waals surface area (Å²) < 4.78 is 0.883. The maximum absolute atomic E-state index is 12.0. The molecule has 0 spiro atoms. The van der Waals surface area contributed by atoms with E-state index in [2.05, 4.69) is 34.8 Å². The van der Waals surface area contributed by atoms with Crippen LogP contribution in [0.3, 0.4) is 0 Å². The van der Waals surface area contributed by atoms with E-state index in [-0.39, 0.29) is 5.91 Å².